The van der Waals surface area contributed by atoms with E-state index >= 15 is 0 Å². The summed E-state index contributed by atoms with van der Waals surface area (Å²) in [4.78, 5) is 21.7. The second-order valence-corrected chi connectivity index (χ2v) is 3.86. The van der Waals surface area contributed by atoms with E-state index in [-0.39, 0.29) is 12.4 Å². The van der Waals surface area contributed by atoms with Crippen molar-refractivity contribution in [3.8, 4) is 0 Å². The Morgan fingerprint density at radius 1 is 0.867 bits per heavy atom. The van der Waals surface area contributed by atoms with Crippen molar-refractivity contribution in [1.82, 2.24) is 0 Å². The number of rotatable bonds is 10. The van der Waals surface area contributed by atoms with E-state index in [0.717, 1.165) is 32.1 Å². The standard InChI is InChI=1S/C12H22O3/c1-2-11(14)8-6-4-3-5-7-9-12(15)10-13/h13H,2-10H2,1H3. The fourth-order valence-corrected chi connectivity index (χ4v) is 1.43. The lowest BCUT2D eigenvalue weighted by Gasteiger charge is -2.00. The zero-order valence-electron chi connectivity index (χ0n) is 9.63. The van der Waals surface area contributed by atoms with Gasteiger partial charge in [0.2, 0.25) is 0 Å². The maximum Gasteiger partial charge on any atom is 0.158 e. The van der Waals surface area contributed by atoms with Crippen molar-refractivity contribution in [2.45, 2.75) is 58.3 Å². The fraction of sp³-hybridized carbons (Fsp3) is 0.833. The topological polar surface area (TPSA) is 54.4 Å². The van der Waals surface area contributed by atoms with Gasteiger partial charge in [-0.15, -0.1) is 0 Å². The van der Waals surface area contributed by atoms with Crippen LogP contribution in [0.4, 0.5) is 0 Å². The Hall–Kier alpha value is -0.700. The van der Waals surface area contributed by atoms with E-state index in [0.29, 0.717) is 25.0 Å². The van der Waals surface area contributed by atoms with Gasteiger partial charge in [0.15, 0.2) is 5.78 Å². The van der Waals surface area contributed by atoms with Gasteiger partial charge < -0.3 is 5.11 Å². The Bertz CT molecular complexity index is 167. The molecule has 0 aromatic heterocycles. The zero-order chi connectivity index (χ0) is 11.5. The van der Waals surface area contributed by atoms with E-state index in [4.69, 9.17) is 5.11 Å². The Morgan fingerprint density at radius 3 is 1.80 bits per heavy atom. The monoisotopic (exact) mass is 214 g/mol. The molecule has 0 aliphatic heterocycles. The highest BCUT2D eigenvalue weighted by atomic mass is 16.3. The Labute approximate surface area is 91.9 Å². The van der Waals surface area contributed by atoms with Crippen molar-refractivity contribution in [2.75, 3.05) is 6.61 Å². The van der Waals surface area contributed by atoms with Crippen LogP contribution < -0.4 is 0 Å². The highest BCUT2D eigenvalue weighted by Gasteiger charge is 2.00. The van der Waals surface area contributed by atoms with Gasteiger partial charge in [0.25, 0.3) is 0 Å². The number of carbonyl (C=O) groups is 2. The fourth-order valence-electron chi connectivity index (χ4n) is 1.43. The first-order chi connectivity index (χ1) is 7.20. The van der Waals surface area contributed by atoms with Gasteiger partial charge in [0, 0.05) is 19.3 Å². The van der Waals surface area contributed by atoms with Gasteiger partial charge in [-0.3, -0.25) is 9.59 Å². The second kappa shape index (κ2) is 9.84. The number of ketones is 2. The van der Waals surface area contributed by atoms with Crippen LogP contribution in [0.1, 0.15) is 58.3 Å². The average molecular weight is 214 g/mol. The molecule has 0 rings (SSSR count). The van der Waals surface area contributed by atoms with Crippen LogP contribution in [-0.2, 0) is 9.59 Å². The molecule has 0 bridgehead atoms. The van der Waals surface area contributed by atoms with Crippen molar-refractivity contribution in [3.05, 3.63) is 0 Å². The molecule has 0 fully saturated rings. The summed E-state index contributed by atoms with van der Waals surface area (Å²) in [5.74, 6) is 0.265. The number of carbonyl (C=O) groups excluding carboxylic acids is 2. The summed E-state index contributed by atoms with van der Waals surface area (Å²) in [7, 11) is 0. The summed E-state index contributed by atoms with van der Waals surface area (Å²) in [6.07, 6.45) is 6.84. The van der Waals surface area contributed by atoms with Crippen LogP contribution in [0, 0.1) is 0 Å². The molecule has 0 saturated heterocycles. The lowest BCUT2D eigenvalue weighted by molar-refractivity contribution is -0.122. The third-order valence-corrected chi connectivity index (χ3v) is 2.48. The molecule has 0 saturated carbocycles. The normalized spacial score (nSPS) is 10.3. The molecule has 0 atom stereocenters. The molecule has 0 aliphatic carbocycles. The second-order valence-electron chi connectivity index (χ2n) is 3.86. The maximum absolute atomic E-state index is 11.0. The van der Waals surface area contributed by atoms with E-state index in [2.05, 4.69) is 0 Å². The lowest BCUT2D eigenvalue weighted by Crippen LogP contribution is -2.02. The van der Waals surface area contributed by atoms with E-state index in [9.17, 15) is 9.59 Å². The van der Waals surface area contributed by atoms with Gasteiger partial charge in [-0.25, -0.2) is 0 Å². The Morgan fingerprint density at radius 2 is 1.33 bits per heavy atom. The third kappa shape index (κ3) is 9.60. The molecule has 0 unspecified atom stereocenters. The Balaban J connectivity index is 3.11. The third-order valence-electron chi connectivity index (χ3n) is 2.48. The van der Waals surface area contributed by atoms with Crippen molar-refractivity contribution in [2.24, 2.45) is 0 Å². The lowest BCUT2D eigenvalue weighted by atomic mass is 10.1. The van der Waals surface area contributed by atoms with Gasteiger partial charge in [0.1, 0.15) is 12.4 Å². The van der Waals surface area contributed by atoms with Gasteiger partial charge in [0.05, 0.1) is 0 Å². The molecule has 3 heteroatoms. The van der Waals surface area contributed by atoms with E-state index in [1.807, 2.05) is 6.92 Å². The van der Waals surface area contributed by atoms with Gasteiger partial charge >= 0.3 is 0 Å². The summed E-state index contributed by atoms with van der Waals surface area (Å²) in [5, 5.41) is 8.48. The summed E-state index contributed by atoms with van der Waals surface area (Å²) in [6, 6.07) is 0. The molecule has 0 spiro atoms. The van der Waals surface area contributed by atoms with Gasteiger partial charge in [-0.2, -0.15) is 0 Å². The average Bonchev–Trinajstić information content (AvgIpc) is 2.26. The Kier molecular flexibility index (Phi) is 9.38. The zero-order valence-corrected chi connectivity index (χ0v) is 9.63. The molecule has 0 amide bonds. The van der Waals surface area contributed by atoms with Crippen LogP contribution >= 0.6 is 0 Å². The molecule has 0 radical (unpaired) electrons. The number of aliphatic hydroxyl groups excluding tert-OH is 1. The highest BCUT2D eigenvalue weighted by molar-refractivity contribution is 5.79. The molecule has 15 heavy (non-hydrogen) atoms. The summed E-state index contributed by atoms with van der Waals surface area (Å²) < 4.78 is 0. The minimum atomic E-state index is -0.328. The molecule has 88 valence electrons. The molecule has 0 aromatic rings. The van der Waals surface area contributed by atoms with E-state index in [1.54, 1.807) is 0 Å². The van der Waals surface area contributed by atoms with E-state index in [1.165, 1.54) is 0 Å². The van der Waals surface area contributed by atoms with Crippen molar-refractivity contribution in [1.29, 1.82) is 0 Å². The molecule has 3 nitrogen and oxygen atoms in total. The summed E-state index contributed by atoms with van der Waals surface area (Å²) in [5.41, 5.74) is 0. The SMILES string of the molecule is CCC(=O)CCCCCCCC(=O)CO. The first-order valence-corrected chi connectivity index (χ1v) is 5.85. The molecule has 0 aromatic carbocycles. The maximum atomic E-state index is 11.0. The van der Waals surface area contributed by atoms with Crippen LogP contribution in [0.15, 0.2) is 0 Å². The molecular weight excluding hydrogens is 192 g/mol. The summed E-state index contributed by atoms with van der Waals surface area (Å²) >= 11 is 0. The van der Waals surface area contributed by atoms with Crippen LogP contribution in [0.3, 0.4) is 0 Å². The smallest absolute Gasteiger partial charge is 0.158 e. The quantitative estimate of drug-likeness (QED) is 0.567. The minimum Gasteiger partial charge on any atom is -0.389 e. The summed E-state index contributed by atoms with van der Waals surface area (Å²) in [6.45, 7) is 1.56. The number of unbranched alkanes of at least 4 members (excludes halogenated alkanes) is 4. The number of aliphatic hydroxyl groups is 1. The molecule has 0 heterocycles. The van der Waals surface area contributed by atoms with Crippen LogP contribution in [0.2, 0.25) is 0 Å². The van der Waals surface area contributed by atoms with Crippen molar-refractivity contribution in [3.63, 3.8) is 0 Å². The number of Topliss-reactive ketones (excluding diaryl/α,β-unsaturated/α-hetero) is 2. The van der Waals surface area contributed by atoms with Crippen LogP contribution in [0.5, 0.6) is 0 Å². The number of hydrogen-bond donors (Lipinski definition) is 1. The van der Waals surface area contributed by atoms with Crippen molar-refractivity contribution >= 4 is 11.6 Å². The number of hydrogen-bond acceptors (Lipinski definition) is 3. The highest BCUT2D eigenvalue weighted by Crippen LogP contribution is 2.08. The predicted octanol–water partition coefficient (Wildman–Crippen LogP) is 2.26. The van der Waals surface area contributed by atoms with Crippen LogP contribution in [0.25, 0.3) is 0 Å². The van der Waals surface area contributed by atoms with Crippen LogP contribution in [-0.4, -0.2) is 23.3 Å². The first kappa shape index (κ1) is 14.3. The molecular formula is C12H22O3. The van der Waals surface area contributed by atoms with Crippen molar-refractivity contribution < 1.29 is 14.7 Å². The minimum absolute atomic E-state index is 0.0730. The largest absolute Gasteiger partial charge is 0.389 e. The van der Waals surface area contributed by atoms with Gasteiger partial charge in [-0.05, 0) is 12.8 Å². The first-order valence-electron chi connectivity index (χ1n) is 5.85. The molecule has 0 aliphatic rings. The van der Waals surface area contributed by atoms with E-state index < -0.39 is 0 Å². The molecule has 1 N–H and O–H groups in total. The predicted molar refractivity (Wildman–Crippen MR) is 59.7 cm³/mol. The van der Waals surface area contributed by atoms with Gasteiger partial charge in [-0.1, -0.05) is 26.2 Å².